The van der Waals surface area contributed by atoms with Crippen LogP contribution in [0.2, 0.25) is 18.1 Å². The van der Waals surface area contributed by atoms with Gasteiger partial charge in [0.2, 0.25) is 8.32 Å². The van der Waals surface area contributed by atoms with E-state index in [1.807, 2.05) is 71.8 Å². The Morgan fingerprint density at radius 2 is 1.32 bits per heavy atom. The van der Waals surface area contributed by atoms with Crippen LogP contribution in [0.3, 0.4) is 0 Å². The van der Waals surface area contributed by atoms with Gasteiger partial charge in [-0.2, -0.15) is 0 Å². The Labute approximate surface area is 187 Å². The number of carbonyl (C=O) groups excluding carboxylic acids is 1. The third kappa shape index (κ3) is 5.72. The van der Waals surface area contributed by atoms with E-state index in [1.165, 1.54) is 0 Å². The van der Waals surface area contributed by atoms with Crippen LogP contribution in [-0.4, -0.2) is 14.1 Å². The Bertz CT molecular complexity index is 966. The van der Waals surface area contributed by atoms with Gasteiger partial charge in [0.25, 0.3) is 0 Å². The van der Waals surface area contributed by atoms with E-state index >= 15 is 0 Å². The Balaban J connectivity index is 2.05. The molecule has 3 aromatic carbocycles. The van der Waals surface area contributed by atoms with E-state index in [1.54, 1.807) is 0 Å². The lowest BCUT2D eigenvalue weighted by Crippen LogP contribution is -2.48. The standard InChI is InChI=1S/C27H33NO2Si/c1-27(2,3)31(4,5)30-28(24-19-13-8-14-20-24)25(22-15-9-6-10-16-22)21-26(29)23-17-11-7-12-18-23/h6-20,25H,21H2,1-5H3. The van der Waals surface area contributed by atoms with Crippen LogP contribution in [0.4, 0.5) is 5.69 Å². The third-order valence-corrected chi connectivity index (χ3v) is 10.4. The number of carbonyl (C=O) groups is 1. The average molecular weight is 432 g/mol. The van der Waals surface area contributed by atoms with Crippen molar-refractivity contribution in [2.24, 2.45) is 0 Å². The molecule has 0 aliphatic heterocycles. The molecular weight excluding hydrogens is 398 g/mol. The maximum Gasteiger partial charge on any atom is 0.228 e. The second kappa shape index (κ2) is 9.63. The van der Waals surface area contributed by atoms with Gasteiger partial charge in [-0.3, -0.25) is 9.86 Å². The lowest BCUT2D eigenvalue weighted by atomic mass is 9.97. The predicted octanol–water partition coefficient (Wildman–Crippen LogP) is 7.44. The zero-order chi connectivity index (χ0) is 22.5. The third-order valence-electron chi connectivity index (χ3n) is 6.09. The second-order valence-electron chi connectivity index (χ2n) is 9.43. The summed E-state index contributed by atoms with van der Waals surface area (Å²) in [5, 5.41) is 2.03. The molecule has 3 nitrogen and oxygen atoms in total. The topological polar surface area (TPSA) is 29.5 Å². The molecule has 1 atom stereocenters. The quantitative estimate of drug-likeness (QED) is 0.211. The van der Waals surface area contributed by atoms with Gasteiger partial charge in [-0.15, -0.1) is 0 Å². The maximum absolute atomic E-state index is 13.3. The minimum atomic E-state index is -2.16. The molecule has 1 unspecified atom stereocenters. The molecular formula is C27H33NO2Si. The Morgan fingerprint density at radius 1 is 0.839 bits per heavy atom. The number of para-hydroxylation sites is 1. The van der Waals surface area contributed by atoms with Crippen LogP contribution in [0.15, 0.2) is 91.0 Å². The SMILES string of the molecule is CC(C)(C)[Si](C)(C)ON(c1ccccc1)C(CC(=O)c1ccccc1)c1ccccc1. The zero-order valence-electron chi connectivity index (χ0n) is 19.2. The summed E-state index contributed by atoms with van der Waals surface area (Å²) in [4.78, 5) is 13.3. The minimum absolute atomic E-state index is 0.0324. The van der Waals surface area contributed by atoms with Crippen LogP contribution >= 0.6 is 0 Å². The summed E-state index contributed by atoms with van der Waals surface area (Å²) in [5.41, 5.74) is 2.75. The summed E-state index contributed by atoms with van der Waals surface area (Å²) in [6.07, 6.45) is 0.331. The first-order valence-corrected chi connectivity index (χ1v) is 13.8. The van der Waals surface area contributed by atoms with E-state index in [2.05, 4.69) is 58.1 Å². The van der Waals surface area contributed by atoms with E-state index in [4.69, 9.17) is 4.53 Å². The number of ketones is 1. The zero-order valence-corrected chi connectivity index (χ0v) is 20.2. The Hall–Kier alpha value is -2.69. The van der Waals surface area contributed by atoms with Crippen molar-refractivity contribution >= 4 is 19.8 Å². The van der Waals surface area contributed by atoms with Crippen molar-refractivity contribution in [1.29, 1.82) is 0 Å². The second-order valence-corrected chi connectivity index (χ2v) is 14.1. The van der Waals surface area contributed by atoms with Crippen LogP contribution < -0.4 is 5.06 Å². The summed E-state index contributed by atoms with van der Waals surface area (Å²) in [5.74, 6) is 0.106. The molecule has 0 saturated carbocycles. The molecule has 4 heteroatoms. The smallest absolute Gasteiger partial charge is 0.228 e. The van der Waals surface area contributed by atoms with Crippen molar-refractivity contribution in [3.8, 4) is 0 Å². The fraction of sp³-hybridized carbons (Fsp3) is 0.296. The first-order valence-electron chi connectivity index (χ1n) is 10.9. The molecule has 0 amide bonds. The van der Waals surface area contributed by atoms with Crippen LogP contribution in [0, 0.1) is 0 Å². The maximum atomic E-state index is 13.3. The number of anilines is 1. The molecule has 0 radical (unpaired) electrons. The molecule has 3 rings (SSSR count). The summed E-state index contributed by atoms with van der Waals surface area (Å²) in [6.45, 7) is 11.2. The van der Waals surface area contributed by atoms with Gasteiger partial charge in [0, 0.05) is 12.0 Å². The largest absolute Gasteiger partial charge is 0.319 e. The van der Waals surface area contributed by atoms with Crippen molar-refractivity contribution in [3.63, 3.8) is 0 Å². The van der Waals surface area contributed by atoms with Crippen molar-refractivity contribution in [2.45, 2.75) is 51.4 Å². The van der Waals surface area contributed by atoms with Crippen molar-refractivity contribution in [2.75, 3.05) is 5.06 Å². The van der Waals surface area contributed by atoms with E-state index < -0.39 is 8.32 Å². The van der Waals surface area contributed by atoms with Crippen molar-refractivity contribution in [3.05, 3.63) is 102 Å². The number of hydrogen-bond acceptors (Lipinski definition) is 3. The van der Waals surface area contributed by atoms with E-state index in [0.717, 1.165) is 16.8 Å². The normalized spacial score (nSPS) is 12.9. The molecule has 0 saturated heterocycles. The highest BCUT2D eigenvalue weighted by Gasteiger charge is 2.41. The molecule has 0 aliphatic carbocycles. The average Bonchev–Trinajstić information content (AvgIpc) is 2.77. The minimum Gasteiger partial charge on any atom is -0.319 e. The van der Waals surface area contributed by atoms with Gasteiger partial charge >= 0.3 is 0 Å². The van der Waals surface area contributed by atoms with Crippen LogP contribution in [0.1, 0.15) is 49.2 Å². The molecule has 0 spiro atoms. The van der Waals surface area contributed by atoms with Gasteiger partial charge in [0.15, 0.2) is 5.78 Å². The summed E-state index contributed by atoms with van der Waals surface area (Å²) in [7, 11) is -2.16. The van der Waals surface area contributed by atoms with Gasteiger partial charge in [0.1, 0.15) is 0 Å². The fourth-order valence-corrected chi connectivity index (χ4v) is 4.18. The fourth-order valence-electron chi connectivity index (χ4n) is 3.18. The summed E-state index contributed by atoms with van der Waals surface area (Å²) < 4.78 is 6.86. The lowest BCUT2D eigenvalue weighted by molar-refractivity contribution is 0.0952. The van der Waals surface area contributed by atoms with E-state index in [9.17, 15) is 4.79 Å². The van der Waals surface area contributed by atoms with Gasteiger partial charge in [-0.25, -0.2) is 0 Å². The molecule has 0 aliphatic rings. The molecule has 0 heterocycles. The first-order chi connectivity index (χ1) is 14.7. The molecule has 0 aromatic heterocycles. The highest BCUT2D eigenvalue weighted by molar-refractivity contribution is 6.74. The summed E-state index contributed by atoms with van der Waals surface area (Å²) in [6, 6.07) is 29.6. The highest BCUT2D eigenvalue weighted by atomic mass is 28.4. The van der Waals surface area contributed by atoms with E-state index in [0.29, 0.717) is 6.42 Å². The Kier molecular flexibility index (Phi) is 7.14. The summed E-state index contributed by atoms with van der Waals surface area (Å²) >= 11 is 0. The van der Waals surface area contributed by atoms with Crippen LogP contribution in [-0.2, 0) is 4.53 Å². The van der Waals surface area contributed by atoms with Crippen molar-refractivity contribution < 1.29 is 9.32 Å². The molecule has 31 heavy (non-hydrogen) atoms. The monoisotopic (exact) mass is 431 g/mol. The number of hydroxylamine groups is 1. The highest BCUT2D eigenvalue weighted by Crippen LogP contribution is 2.41. The predicted molar refractivity (Wildman–Crippen MR) is 132 cm³/mol. The number of nitrogens with zero attached hydrogens (tertiary/aromatic N) is 1. The van der Waals surface area contributed by atoms with Gasteiger partial charge in [-0.1, -0.05) is 99.6 Å². The van der Waals surface area contributed by atoms with Crippen LogP contribution in [0.5, 0.6) is 0 Å². The van der Waals surface area contributed by atoms with Crippen LogP contribution in [0.25, 0.3) is 0 Å². The lowest BCUT2D eigenvalue weighted by Gasteiger charge is -2.43. The van der Waals surface area contributed by atoms with Gasteiger partial charge in [-0.05, 0) is 35.8 Å². The van der Waals surface area contributed by atoms with Gasteiger partial charge < -0.3 is 4.53 Å². The van der Waals surface area contributed by atoms with Crippen molar-refractivity contribution in [1.82, 2.24) is 0 Å². The molecule has 0 fully saturated rings. The van der Waals surface area contributed by atoms with E-state index in [-0.39, 0.29) is 16.9 Å². The number of rotatable bonds is 8. The molecule has 0 N–H and O–H groups in total. The molecule has 162 valence electrons. The number of hydrogen-bond donors (Lipinski definition) is 0. The molecule has 3 aromatic rings. The van der Waals surface area contributed by atoms with Gasteiger partial charge in [0.05, 0.1) is 11.7 Å². The number of benzene rings is 3. The molecule has 0 bridgehead atoms. The number of Topliss-reactive ketones (excluding diaryl/α,β-unsaturated/α-hetero) is 1. The first kappa shape index (κ1) is 23.0. The Morgan fingerprint density at radius 3 is 1.84 bits per heavy atom.